The zero-order valence-electron chi connectivity index (χ0n) is 12.0. The average molecular weight is 304 g/mol. The Bertz CT molecular complexity index is 635. The number of piperidine rings is 1. The van der Waals surface area contributed by atoms with Crippen molar-refractivity contribution in [1.29, 1.82) is 0 Å². The molecule has 1 aromatic heterocycles. The molecule has 5 heteroatoms. The van der Waals surface area contributed by atoms with Crippen LogP contribution in [0, 0.1) is 0 Å². The number of hydrogen-bond donors (Lipinski definition) is 0. The van der Waals surface area contributed by atoms with Crippen LogP contribution in [0.2, 0.25) is 5.02 Å². The molecule has 1 saturated heterocycles. The fourth-order valence-electron chi connectivity index (χ4n) is 2.89. The van der Waals surface area contributed by atoms with E-state index in [1.165, 1.54) is 5.56 Å². The minimum absolute atomic E-state index is 0.0636. The van der Waals surface area contributed by atoms with Gasteiger partial charge in [0.15, 0.2) is 0 Å². The van der Waals surface area contributed by atoms with E-state index in [9.17, 15) is 4.79 Å². The lowest BCUT2D eigenvalue weighted by molar-refractivity contribution is 0.0697. The normalized spacial score (nSPS) is 18.8. The molecule has 0 spiro atoms. The molecule has 21 heavy (non-hydrogen) atoms. The van der Waals surface area contributed by atoms with Crippen molar-refractivity contribution in [2.24, 2.45) is 7.05 Å². The van der Waals surface area contributed by atoms with Gasteiger partial charge in [-0.15, -0.1) is 0 Å². The van der Waals surface area contributed by atoms with Crippen molar-refractivity contribution in [2.45, 2.75) is 18.8 Å². The third-order valence-corrected chi connectivity index (χ3v) is 4.34. The molecule has 2 aromatic rings. The third-order valence-electron chi connectivity index (χ3n) is 4.09. The highest BCUT2D eigenvalue weighted by molar-refractivity contribution is 6.30. The molecule has 1 amide bonds. The van der Waals surface area contributed by atoms with E-state index in [1.807, 2.05) is 24.1 Å². The Labute approximate surface area is 129 Å². The summed E-state index contributed by atoms with van der Waals surface area (Å²) >= 11 is 5.94. The summed E-state index contributed by atoms with van der Waals surface area (Å²) in [5.74, 6) is 0.446. The number of carbonyl (C=O) groups excluding carboxylic acids is 1. The van der Waals surface area contributed by atoms with Gasteiger partial charge in [-0.25, -0.2) is 4.98 Å². The zero-order valence-corrected chi connectivity index (χ0v) is 12.8. The summed E-state index contributed by atoms with van der Waals surface area (Å²) in [6.07, 6.45) is 5.43. The summed E-state index contributed by atoms with van der Waals surface area (Å²) in [5.41, 5.74) is 1.90. The molecule has 1 aliphatic rings. The number of aryl methyl sites for hydroxylation is 1. The quantitative estimate of drug-likeness (QED) is 0.855. The average Bonchev–Trinajstić information content (AvgIpc) is 2.93. The molecule has 4 nitrogen and oxygen atoms in total. The molecule has 1 atom stereocenters. The van der Waals surface area contributed by atoms with Crippen molar-refractivity contribution >= 4 is 17.5 Å². The highest BCUT2D eigenvalue weighted by Gasteiger charge is 2.26. The number of rotatable bonds is 2. The molecule has 3 rings (SSSR count). The second-order valence-electron chi connectivity index (χ2n) is 5.53. The number of benzene rings is 1. The highest BCUT2D eigenvalue weighted by Crippen LogP contribution is 2.28. The smallest absolute Gasteiger partial charge is 0.272 e. The predicted octanol–water partition coefficient (Wildman–Crippen LogP) is 3.09. The van der Waals surface area contributed by atoms with Crippen molar-refractivity contribution < 1.29 is 4.79 Å². The standard InChI is InChI=1S/C16H18ClN3O/c1-19-11-18-9-15(19)16(21)20-8-2-3-13(10-20)12-4-6-14(17)7-5-12/h4-7,9,11,13H,2-3,8,10H2,1H3/t13-/m1/s1. The van der Waals surface area contributed by atoms with Gasteiger partial charge in [0.25, 0.3) is 5.91 Å². The molecule has 1 aromatic carbocycles. The van der Waals surface area contributed by atoms with Crippen LogP contribution >= 0.6 is 11.6 Å². The Kier molecular flexibility index (Phi) is 3.97. The van der Waals surface area contributed by atoms with Gasteiger partial charge in [0.05, 0.1) is 12.5 Å². The van der Waals surface area contributed by atoms with Crippen molar-refractivity contribution in [3.63, 3.8) is 0 Å². The summed E-state index contributed by atoms with van der Waals surface area (Å²) in [5, 5.41) is 0.748. The van der Waals surface area contributed by atoms with Gasteiger partial charge in [0.1, 0.15) is 5.69 Å². The maximum Gasteiger partial charge on any atom is 0.272 e. The van der Waals surface area contributed by atoms with Gasteiger partial charge in [-0.1, -0.05) is 23.7 Å². The molecule has 1 aliphatic heterocycles. The molecule has 0 unspecified atom stereocenters. The van der Waals surface area contributed by atoms with E-state index in [2.05, 4.69) is 17.1 Å². The Morgan fingerprint density at radius 1 is 1.33 bits per heavy atom. The Balaban J connectivity index is 1.75. The zero-order chi connectivity index (χ0) is 14.8. The fourth-order valence-corrected chi connectivity index (χ4v) is 3.02. The first-order valence-corrected chi connectivity index (χ1v) is 7.54. The van der Waals surface area contributed by atoms with Crippen LogP contribution < -0.4 is 0 Å². The SMILES string of the molecule is Cn1cncc1C(=O)N1CCC[C@@H](c2ccc(Cl)cc2)C1. The van der Waals surface area contributed by atoms with E-state index in [4.69, 9.17) is 11.6 Å². The molecule has 0 aliphatic carbocycles. The van der Waals surface area contributed by atoms with Crippen molar-refractivity contribution in [3.05, 3.63) is 53.1 Å². The molecule has 0 saturated carbocycles. The Morgan fingerprint density at radius 3 is 2.76 bits per heavy atom. The van der Waals surface area contributed by atoms with Gasteiger partial charge < -0.3 is 9.47 Å². The highest BCUT2D eigenvalue weighted by atomic mass is 35.5. The van der Waals surface area contributed by atoms with Gasteiger partial charge in [-0.05, 0) is 30.5 Å². The fraction of sp³-hybridized carbons (Fsp3) is 0.375. The Hall–Kier alpha value is -1.81. The van der Waals surface area contributed by atoms with Crippen LogP contribution in [0.25, 0.3) is 0 Å². The number of carbonyl (C=O) groups is 1. The number of nitrogens with zero attached hydrogens (tertiary/aromatic N) is 3. The minimum atomic E-state index is 0.0636. The monoisotopic (exact) mass is 303 g/mol. The first kappa shape index (κ1) is 14.1. The van der Waals surface area contributed by atoms with Crippen LogP contribution in [-0.2, 0) is 7.05 Å². The topological polar surface area (TPSA) is 38.1 Å². The van der Waals surface area contributed by atoms with Crippen molar-refractivity contribution in [3.8, 4) is 0 Å². The molecule has 0 bridgehead atoms. The number of likely N-dealkylation sites (tertiary alicyclic amines) is 1. The van der Waals surface area contributed by atoms with Gasteiger partial charge >= 0.3 is 0 Å². The molecule has 0 radical (unpaired) electrons. The van der Waals surface area contributed by atoms with Gasteiger partial charge in [-0.2, -0.15) is 0 Å². The summed E-state index contributed by atoms with van der Waals surface area (Å²) in [7, 11) is 1.85. The van der Waals surface area contributed by atoms with Crippen molar-refractivity contribution in [1.82, 2.24) is 14.5 Å². The summed E-state index contributed by atoms with van der Waals surface area (Å²) in [4.78, 5) is 18.5. The van der Waals surface area contributed by atoms with Crippen molar-refractivity contribution in [2.75, 3.05) is 13.1 Å². The number of hydrogen-bond acceptors (Lipinski definition) is 2. The molecule has 110 valence electrons. The lowest BCUT2D eigenvalue weighted by Gasteiger charge is -2.33. The first-order chi connectivity index (χ1) is 10.1. The van der Waals surface area contributed by atoms with Gasteiger partial charge in [-0.3, -0.25) is 4.79 Å². The lowest BCUT2D eigenvalue weighted by atomic mass is 9.90. The van der Waals surface area contributed by atoms with Crippen LogP contribution in [0.5, 0.6) is 0 Å². The summed E-state index contributed by atoms with van der Waals surface area (Å²) in [6.45, 7) is 1.57. The molecule has 1 fully saturated rings. The van der Waals surface area contributed by atoms with Crippen LogP contribution in [-0.4, -0.2) is 33.4 Å². The third kappa shape index (κ3) is 2.95. The maximum absolute atomic E-state index is 12.6. The van der Waals surface area contributed by atoms with E-state index in [1.54, 1.807) is 17.1 Å². The van der Waals surface area contributed by atoms with E-state index >= 15 is 0 Å². The summed E-state index contributed by atoms with van der Waals surface area (Å²) in [6, 6.07) is 7.95. The predicted molar refractivity (Wildman–Crippen MR) is 82.5 cm³/mol. The molecular formula is C16H18ClN3O. The molecule has 0 N–H and O–H groups in total. The number of halogens is 1. The lowest BCUT2D eigenvalue weighted by Crippen LogP contribution is -2.39. The van der Waals surface area contributed by atoms with E-state index in [0.717, 1.165) is 31.0 Å². The van der Waals surface area contributed by atoms with Gasteiger partial charge in [0.2, 0.25) is 0 Å². The van der Waals surface area contributed by atoms with E-state index < -0.39 is 0 Å². The largest absolute Gasteiger partial charge is 0.337 e. The first-order valence-electron chi connectivity index (χ1n) is 7.16. The minimum Gasteiger partial charge on any atom is -0.337 e. The van der Waals surface area contributed by atoms with E-state index in [-0.39, 0.29) is 5.91 Å². The maximum atomic E-state index is 12.6. The van der Waals surface area contributed by atoms with E-state index in [0.29, 0.717) is 11.6 Å². The van der Waals surface area contributed by atoms with Crippen LogP contribution in [0.3, 0.4) is 0 Å². The van der Waals surface area contributed by atoms with Crippen LogP contribution in [0.1, 0.15) is 34.8 Å². The van der Waals surface area contributed by atoms with Crippen LogP contribution in [0.15, 0.2) is 36.8 Å². The summed E-state index contributed by atoms with van der Waals surface area (Å²) < 4.78 is 1.77. The number of aromatic nitrogens is 2. The molecule has 2 heterocycles. The number of amides is 1. The number of imidazole rings is 1. The van der Waals surface area contributed by atoms with Gasteiger partial charge in [0, 0.05) is 31.1 Å². The Morgan fingerprint density at radius 2 is 2.10 bits per heavy atom. The van der Waals surface area contributed by atoms with Crippen LogP contribution in [0.4, 0.5) is 0 Å². The second-order valence-corrected chi connectivity index (χ2v) is 5.97. The molecular weight excluding hydrogens is 286 g/mol. The second kappa shape index (κ2) is 5.90.